The Morgan fingerprint density at radius 3 is 2.47 bits per heavy atom. The highest BCUT2D eigenvalue weighted by Gasteiger charge is 2.22. The van der Waals surface area contributed by atoms with Gasteiger partial charge in [0.1, 0.15) is 5.58 Å². The fourth-order valence-electron chi connectivity index (χ4n) is 3.46. The minimum absolute atomic E-state index is 0.0558. The molecular weight excluding hydrogens is 438 g/mol. The number of amides is 1. The molecule has 1 aromatic heterocycles. The van der Waals surface area contributed by atoms with E-state index >= 15 is 0 Å². The van der Waals surface area contributed by atoms with Crippen molar-refractivity contribution in [3.8, 4) is 11.5 Å². The first kappa shape index (κ1) is 25.1. The molecule has 0 aliphatic rings. The molecule has 0 aliphatic carbocycles. The van der Waals surface area contributed by atoms with E-state index in [1.165, 1.54) is 0 Å². The SMILES string of the molecule is CCOCc1c(C(=O)OCC(=O)NCCc2ccc(OCC)c(OCC)c2)oc2ccccc12. The quantitative estimate of drug-likeness (QED) is 0.373. The van der Waals surface area contributed by atoms with Crippen LogP contribution in [-0.4, -0.2) is 44.8 Å². The van der Waals surface area contributed by atoms with E-state index in [0.717, 1.165) is 10.9 Å². The van der Waals surface area contributed by atoms with Gasteiger partial charge < -0.3 is 28.7 Å². The van der Waals surface area contributed by atoms with Crippen LogP contribution in [-0.2, 0) is 27.3 Å². The zero-order valence-electron chi connectivity index (χ0n) is 19.8. The molecule has 0 fully saturated rings. The second-order valence-corrected chi connectivity index (χ2v) is 7.37. The maximum atomic E-state index is 12.6. The normalized spacial score (nSPS) is 10.8. The van der Waals surface area contributed by atoms with E-state index in [4.69, 9.17) is 23.4 Å². The molecule has 0 saturated heterocycles. The molecule has 34 heavy (non-hydrogen) atoms. The lowest BCUT2D eigenvalue weighted by Gasteiger charge is -2.12. The van der Waals surface area contributed by atoms with Gasteiger partial charge in [-0.3, -0.25) is 4.79 Å². The summed E-state index contributed by atoms with van der Waals surface area (Å²) in [7, 11) is 0. The number of nitrogens with one attached hydrogen (secondary N) is 1. The van der Waals surface area contributed by atoms with Gasteiger partial charge in [0, 0.05) is 24.1 Å². The highest BCUT2D eigenvalue weighted by molar-refractivity contribution is 5.96. The highest BCUT2D eigenvalue weighted by atomic mass is 16.5. The van der Waals surface area contributed by atoms with E-state index in [1.807, 2.05) is 57.2 Å². The van der Waals surface area contributed by atoms with Crippen molar-refractivity contribution in [1.29, 1.82) is 0 Å². The van der Waals surface area contributed by atoms with Crippen LogP contribution in [0.5, 0.6) is 11.5 Å². The van der Waals surface area contributed by atoms with Crippen LogP contribution in [0.25, 0.3) is 11.0 Å². The zero-order chi connectivity index (χ0) is 24.3. The van der Waals surface area contributed by atoms with Gasteiger partial charge in [-0.1, -0.05) is 24.3 Å². The summed E-state index contributed by atoms with van der Waals surface area (Å²) >= 11 is 0. The Hall–Kier alpha value is -3.52. The van der Waals surface area contributed by atoms with Crippen molar-refractivity contribution in [2.24, 2.45) is 0 Å². The number of carbonyl (C=O) groups excluding carboxylic acids is 2. The molecule has 1 N–H and O–H groups in total. The van der Waals surface area contributed by atoms with E-state index in [1.54, 1.807) is 6.07 Å². The minimum Gasteiger partial charge on any atom is -0.490 e. The molecule has 3 aromatic rings. The number of hydrogen-bond donors (Lipinski definition) is 1. The molecule has 0 atom stereocenters. The topological polar surface area (TPSA) is 96.2 Å². The summed E-state index contributed by atoms with van der Waals surface area (Å²) in [5, 5.41) is 3.55. The number of para-hydroxylation sites is 1. The lowest BCUT2D eigenvalue weighted by molar-refractivity contribution is -0.124. The van der Waals surface area contributed by atoms with Crippen LogP contribution in [0.1, 0.15) is 42.5 Å². The van der Waals surface area contributed by atoms with Gasteiger partial charge in [-0.15, -0.1) is 0 Å². The van der Waals surface area contributed by atoms with E-state index in [0.29, 0.717) is 55.4 Å². The Balaban J connectivity index is 1.53. The van der Waals surface area contributed by atoms with Crippen LogP contribution in [0.4, 0.5) is 0 Å². The Morgan fingerprint density at radius 2 is 1.71 bits per heavy atom. The Labute approximate surface area is 199 Å². The summed E-state index contributed by atoms with van der Waals surface area (Å²) < 4.78 is 27.6. The molecule has 0 aliphatic heterocycles. The van der Waals surface area contributed by atoms with Gasteiger partial charge in [-0.2, -0.15) is 0 Å². The van der Waals surface area contributed by atoms with Crippen LogP contribution in [0.3, 0.4) is 0 Å². The molecule has 0 unspecified atom stereocenters. The monoisotopic (exact) mass is 469 g/mol. The zero-order valence-corrected chi connectivity index (χ0v) is 19.8. The van der Waals surface area contributed by atoms with Crippen LogP contribution in [0.15, 0.2) is 46.9 Å². The van der Waals surface area contributed by atoms with Crippen molar-refractivity contribution >= 4 is 22.8 Å². The average molecular weight is 470 g/mol. The number of furan rings is 1. The molecule has 0 spiro atoms. The van der Waals surface area contributed by atoms with Gasteiger partial charge in [0.05, 0.1) is 19.8 Å². The van der Waals surface area contributed by atoms with Crippen LogP contribution in [0, 0.1) is 0 Å². The van der Waals surface area contributed by atoms with E-state index < -0.39 is 18.5 Å². The summed E-state index contributed by atoms with van der Waals surface area (Å²) in [6, 6.07) is 13.0. The summed E-state index contributed by atoms with van der Waals surface area (Å²) in [5.74, 6) is 0.329. The third kappa shape index (κ3) is 6.51. The number of hydrogen-bond acceptors (Lipinski definition) is 7. The van der Waals surface area contributed by atoms with Crippen LogP contribution in [0.2, 0.25) is 0 Å². The first-order chi connectivity index (χ1) is 16.6. The largest absolute Gasteiger partial charge is 0.490 e. The summed E-state index contributed by atoms with van der Waals surface area (Å²) in [6.07, 6.45) is 0.592. The van der Waals surface area contributed by atoms with Gasteiger partial charge in [0.15, 0.2) is 18.1 Å². The lowest BCUT2D eigenvalue weighted by atomic mass is 10.1. The van der Waals surface area contributed by atoms with Crippen molar-refractivity contribution in [1.82, 2.24) is 5.32 Å². The van der Waals surface area contributed by atoms with E-state index in [-0.39, 0.29) is 12.4 Å². The summed E-state index contributed by atoms with van der Waals surface area (Å²) in [4.78, 5) is 24.8. The Bertz CT molecular complexity index is 1110. The van der Waals surface area contributed by atoms with Crippen molar-refractivity contribution in [3.63, 3.8) is 0 Å². The molecule has 1 amide bonds. The second-order valence-electron chi connectivity index (χ2n) is 7.37. The van der Waals surface area contributed by atoms with Gasteiger partial charge >= 0.3 is 5.97 Å². The van der Waals surface area contributed by atoms with E-state index in [9.17, 15) is 9.59 Å². The molecule has 0 saturated carbocycles. The molecule has 2 aromatic carbocycles. The maximum absolute atomic E-state index is 12.6. The number of esters is 1. The molecular formula is C26H31NO7. The molecule has 8 heteroatoms. The van der Waals surface area contributed by atoms with Crippen LogP contribution >= 0.6 is 0 Å². The Kier molecular flexibility index (Phi) is 9.34. The predicted octanol–water partition coefficient (Wildman–Crippen LogP) is 4.28. The Morgan fingerprint density at radius 1 is 0.941 bits per heavy atom. The number of fused-ring (bicyclic) bond motifs is 1. The molecule has 3 rings (SSSR count). The standard InChI is InChI=1S/C26H31NO7/c1-4-30-16-20-19-9-7-8-10-21(19)34-25(20)26(29)33-17-24(28)27-14-13-18-11-12-22(31-5-2)23(15-18)32-6-3/h7-12,15H,4-6,13-14,16-17H2,1-3H3,(H,27,28). The molecule has 0 radical (unpaired) electrons. The van der Waals surface area contributed by atoms with Gasteiger partial charge in [0.2, 0.25) is 5.76 Å². The molecule has 8 nitrogen and oxygen atoms in total. The number of rotatable bonds is 13. The highest BCUT2D eigenvalue weighted by Crippen LogP contribution is 2.29. The third-order valence-corrected chi connectivity index (χ3v) is 5.01. The lowest BCUT2D eigenvalue weighted by Crippen LogP contribution is -2.30. The average Bonchev–Trinajstić information content (AvgIpc) is 3.21. The number of benzene rings is 2. The second kappa shape index (κ2) is 12.6. The van der Waals surface area contributed by atoms with Crippen molar-refractivity contribution < 1.29 is 33.0 Å². The number of ether oxygens (including phenoxy) is 4. The third-order valence-electron chi connectivity index (χ3n) is 5.01. The smallest absolute Gasteiger partial charge is 0.375 e. The first-order valence-corrected chi connectivity index (χ1v) is 11.5. The van der Waals surface area contributed by atoms with Gasteiger partial charge in [-0.25, -0.2) is 4.79 Å². The maximum Gasteiger partial charge on any atom is 0.375 e. The molecule has 0 bridgehead atoms. The van der Waals surface area contributed by atoms with Crippen molar-refractivity contribution in [3.05, 3.63) is 59.4 Å². The first-order valence-electron chi connectivity index (χ1n) is 11.5. The van der Waals surface area contributed by atoms with Crippen molar-refractivity contribution in [2.75, 3.05) is 33.0 Å². The number of carbonyl (C=O) groups is 2. The van der Waals surface area contributed by atoms with Crippen LogP contribution < -0.4 is 14.8 Å². The van der Waals surface area contributed by atoms with Gasteiger partial charge in [-0.05, 0) is 51.0 Å². The molecule has 1 heterocycles. The summed E-state index contributed by atoms with van der Waals surface area (Å²) in [5.41, 5.74) is 2.17. The fraction of sp³-hybridized carbons (Fsp3) is 0.385. The minimum atomic E-state index is -0.700. The predicted molar refractivity (Wildman–Crippen MR) is 127 cm³/mol. The van der Waals surface area contributed by atoms with Gasteiger partial charge in [0.25, 0.3) is 5.91 Å². The van der Waals surface area contributed by atoms with E-state index in [2.05, 4.69) is 5.32 Å². The fourth-order valence-corrected chi connectivity index (χ4v) is 3.46. The molecule has 182 valence electrons. The van der Waals surface area contributed by atoms with Crippen molar-refractivity contribution in [2.45, 2.75) is 33.8 Å². The summed E-state index contributed by atoms with van der Waals surface area (Å²) in [6.45, 7) is 7.48.